The molecule has 3 rings (SSSR count). The first-order chi connectivity index (χ1) is 11.7. The van der Waals surface area contributed by atoms with Gasteiger partial charge in [-0.15, -0.1) is 0 Å². The summed E-state index contributed by atoms with van der Waals surface area (Å²) in [6, 6.07) is 23.8. The molecule has 3 aromatic rings. The molecule has 0 fully saturated rings. The van der Waals surface area contributed by atoms with Crippen LogP contribution in [0.25, 0.3) is 0 Å². The third-order valence-corrected chi connectivity index (χ3v) is 5.08. The Bertz CT molecular complexity index is 749. The predicted molar refractivity (Wildman–Crippen MR) is 103 cm³/mol. The smallest absolute Gasteiger partial charge is 0.161 e. The molecule has 0 aliphatic carbocycles. The highest BCUT2D eigenvalue weighted by atomic mass is 79.9. The fourth-order valence-electron chi connectivity index (χ4n) is 2.23. The Morgan fingerprint density at radius 1 is 0.542 bits per heavy atom. The zero-order chi connectivity index (χ0) is 16.8. The molecule has 0 aromatic heterocycles. The van der Waals surface area contributed by atoms with E-state index in [2.05, 4.69) is 31.9 Å². The van der Waals surface area contributed by atoms with Crippen molar-refractivity contribution in [3.63, 3.8) is 0 Å². The van der Waals surface area contributed by atoms with Crippen LogP contribution in [-0.4, -0.2) is 0 Å². The first kappa shape index (κ1) is 17.1. The van der Waals surface area contributed by atoms with Gasteiger partial charge >= 0.3 is 0 Å². The molecule has 0 spiro atoms. The van der Waals surface area contributed by atoms with Crippen LogP contribution in [-0.2, 0) is 13.2 Å². The fraction of sp³-hybridized carbons (Fsp3) is 0.100. The lowest BCUT2D eigenvalue weighted by molar-refractivity contribution is 0.255. The van der Waals surface area contributed by atoms with Crippen LogP contribution in [0.1, 0.15) is 11.1 Å². The minimum atomic E-state index is 0.483. The quantitative estimate of drug-likeness (QED) is 0.437. The summed E-state index contributed by atoms with van der Waals surface area (Å²) in [7, 11) is 0. The summed E-state index contributed by atoms with van der Waals surface area (Å²) in [6.07, 6.45) is 0. The fourth-order valence-corrected chi connectivity index (χ4v) is 3.03. The molecule has 0 atom stereocenters. The van der Waals surface area contributed by atoms with E-state index in [1.807, 2.05) is 72.8 Å². The predicted octanol–water partition coefficient (Wildman–Crippen LogP) is 6.37. The first-order valence-electron chi connectivity index (χ1n) is 7.55. The van der Waals surface area contributed by atoms with Gasteiger partial charge in [0.05, 0.1) is 0 Å². The minimum absolute atomic E-state index is 0.483. The second-order valence-corrected chi connectivity index (χ2v) is 6.92. The lowest BCUT2D eigenvalue weighted by Gasteiger charge is -2.14. The molecule has 3 aromatic carbocycles. The molecule has 0 aliphatic rings. The summed E-state index contributed by atoms with van der Waals surface area (Å²) < 4.78 is 14.0. The van der Waals surface area contributed by atoms with Crippen molar-refractivity contribution in [2.24, 2.45) is 0 Å². The normalized spacial score (nSPS) is 10.4. The maximum atomic E-state index is 5.96. The number of ether oxygens (including phenoxy) is 2. The van der Waals surface area contributed by atoms with Crippen LogP contribution < -0.4 is 9.47 Å². The van der Waals surface area contributed by atoms with Gasteiger partial charge in [-0.1, -0.05) is 80.4 Å². The maximum absolute atomic E-state index is 5.96. The zero-order valence-corrected chi connectivity index (χ0v) is 16.1. The van der Waals surface area contributed by atoms with Gasteiger partial charge in [0.2, 0.25) is 0 Å². The zero-order valence-electron chi connectivity index (χ0n) is 12.9. The van der Waals surface area contributed by atoms with E-state index in [4.69, 9.17) is 9.47 Å². The van der Waals surface area contributed by atoms with E-state index in [-0.39, 0.29) is 0 Å². The van der Waals surface area contributed by atoms with Crippen molar-refractivity contribution >= 4 is 31.9 Å². The highest BCUT2D eigenvalue weighted by Gasteiger charge is 2.07. The summed E-state index contributed by atoms with van der Waals surface area (Å²) in [4.78, 5) is 0. The Labute approximate surface area is 158 Å². The van der Waals surface area contributed by atoms with Crippen molar-refractivity contribution in [1.82, 2.24) is 0 Å². The van der Waals surface area contributed by atoms with Crippen LogP contribution in [0.5, 0.6) is 11.5 Å². The average molecular weight is 448 g/mol. The van der Waals surface area contributed by atoms with E-state index in [1.54, 1.807) is 0 Å². The second-order valence-electron chi connectivity index (χ2n) is 5.21. The minimum Gasteiger partial charge on any atom is -0.485 e. The SMILES string of the molecule is Brc1ccccc1COc1ccccc1OCc1ccccc1Br. The number of rotatable bonds is 6. The maximum Gasteiger partial charge on any atom is 0.161 e. The summed E-state index contributed by atoms with van der Waals surface area (Å²) >= 11 is 7.08. The van der Waals surface area contributed by atoms with Gasteiger partial charge < -0.3 is 9.47 Å². The van der Waals surface area contributed by atoms with Gasteiger partial charge in [0.25, 0.3) is 0 Å². The molecule has 0 radical (unpaired) electrons. The van der Waals surface area contributed by atoms with Crippen LogP contribution in [0.3, 0.4) is 0 Å². The highest BCUT2D eigenvalue weighted by Crippen LogP contribution is 2.29. The Kier molecular flexibility index (Phi) is 5.94. The Morgan fingerprint density at radius 3 is 1.33 bits per heavy atom. The summed E-state index contributed by atoms with van der Waals surface area (Å²) in [5.74, 6) is 1.47. The van der Waals surface area contributed by atoms with Gasteiger partial charge in [-0.2, -0.15) is 0 Å². The Balaban J connectivity index is 1.69. The molecule has 24 heavy (non-hydrogen) atoms. The summed E-state index contributed by atoms with van der Waals surface area (Å²) in [6.45, 7) is 0.966. The molecule has 0 aliphatic heterocycles. The molecule has 0 N–H and O–H groups in total. The van der Waals surface area contributed by atoms with Crippen molar-refractivity contribution in [2.75, 3.05) is 0 Å². The lowest BCUT2D eigenvalue weighted by Crippen LogP contribution is -2.01. The van der Waals surface area contributed by atoms with Crippen molar-refractivity contribution in [1.29, 1.82) is 0 Å². The third-order valence-electron chi connectivity index (χ3n) is 3.53. The molecule has 0 heterocycles. The summed E-state index contributed by atoms with van der Waals surface area (Å²) in [5, 5.41) is 0. The molecule has 0 saturated heterocycles. The van der Waals surface area contributed by atoms with E-state index in [9.17, 15) is 0 Å². The standard InChI is InChI=1S/C20H16Br2O2/c21-17-9-3-1-7-15(17)13-23-19-11-5-6-12-20(19)24-14-16-8-2-4-10-18(16)22/h1-12H,13-14H2. The number of benzene rings is 3. The average Bonchev–Trinajstić information content (AvgIpc) is 2.61. The van der Waals surface area contributed by atoms with E-state index < -0.39 is 0 Å². The third kappa shape index (κ3) is 4.40. The van der Waals surface area contributed by atoms with E-state index >= 15 is 0 Å². The van der Waals surface area contributed by atoms with Gasteiger partial charge in [-0.05, 0) is 24.3 Å². The Morgan fingerprint density at radius 2 is 0.917 bits per heavy atom. The number of halogens is 2. The molecule has 0 amide bonds. The molecular weight excluding hydrogens is 432 g/mol. The molecule has 122 valence electrons. The van der Waals surface area contributed by atoms with Crippen molar-refractivity contribution in [3.05, 3.63) is 92.9 Å². The van der Waals surface area contributed by atoms with E-state index in [0.717, 1.165) is 31.6 Å². The van der Waals surface area contributed by atoms with Gasteiger partial charge in [-0.3, -0.25) is 0 Å². The van der Waals surface area contributed by atoms with Crippen LogP contribution in [0.2, 0.25) is 0 Å². The second kappa shape index (κ2) is 8.36. The van der Waals surface area contributed by atoms with E-state index in [1.165, 1.54) is 0 Å². The molecule has 4 heteroatoms. The molecule has 0 bridgehead atoms. The molecular formula is C20H16Br2O2. The van der Waals surface area contributed by atoms with Crippen LogP contribution >= 0.6 is 31.9 Å². The van der Waals surface area contributed by atoms with Crippen molar-refractivity contribution in [2.45, 2.75) is 13.2 Å². The topological polar surface area (TPSA) is 18.5 Å². The van der Waals surface area contributed by atoms with Crippen molar-refractivity contribution in [3.8, 4) is 11.5 Å². The van der Waals surface area contributed by atoms with Gasteiger partial charge in [0, 0.05) is 20.1 Å². The highest BCUT2D eigenvalue weighted by molar-refractivity contribution is 9.10. The van der Waals surface area contributed by atoms with Gasteiger partial charge in [-0.25, -0.2) is 0 Å². The molecule has 0 unspecified atom stereocenters. The first-order valence-corrected chi connectivity index (χ1v) is 9.14. The lowest BCUT2D eigenvalue weighted by atomic mass is 10.2. The van der Waals surface area contributed by atoms with Gasteiger partial charge in [0.15, 0.2) is 11.5 Å². The van der Waals surface area contributed by atoms with Crippen LogP contribution in [0.4, 0.5) is 0 Å². The van der Waals surface area contributed by atoms with E-state index in [0.29, 0.717) is 13.2 Å². The Hall–Kier alpha value is -1.78. The summed E-state index contributed by atoms with van der Waals surface area (Å²) in [5.41, 5.74) is 2.19. The molecule has 2 nitrogen and oxygen atoms in total. The number of hydrogen-bond donors (Lipinski definition) is 0. The number of para-hydroxylation sites is 2. The van der Waals surface area contributed by atoms with Gasteiger partial charge in [0.1, 0.15) is 13.2 Å². The van der Waals surface area contributed by atoms with Crippen LogP contribution in [0, 0.1) is 0 Å². The number of hydrogen-bond acceptors (Lipinski definition) is 2. The molecule has 0 saturated carbocycles. The largest absolute Gasteiger partial charge is 0.485 e. The van der Waals surface area contributed by atoms with Crippen LogP contribution in [0.15, 0.2) is 81.7 Å². The monoisotopic (exact) mass is 446 g/mol. The van der Waals surface area contributed by atoms with Crippen molar-refractivity contribution < 1.29 is 9.47 Å².